The average molecular weight is 294 g/mol. The van der Waals surface area contributed by atoms with Crippen molar-refractivity contribution >= 4 is 17.8 Å². The number of anilines is 1. The Hall–Kier alpha value is -2.62. The Balaban J connectivity index is 1.85. The summed E-state index contributed by atoms with van der Waals surface area (Å²) in [5.74, 6) is 0.550. The lowest BCUT2D eigenvalue weighted by Gasteiger charge is -2.13. The van der Waals surface area contributed by atoms with Gasteiger partial charge >= 0.3 is 0 Å². The number of hydrogen-bond acceptors (Lipinski definition) is 3. The van der Waals surface area contributed by atoms with Crippen molar-refractivity contribution < 1.29 is 9.90 Å². The molecule has 0 unspecified atom stereocenters. The minimum atomic E-state index is -0.142. The summed E-state index contributed by atoms with van der Waals surface area (Å²) in [7, 11) is 0. The van der Waals surface area contributed by atoms with Gasteiger partial charge in [0.25, 0.3) is 5.91 Å². The summed E-state index contributed by atoms with van der Waals surface area (Å²) in [6.45, 7) is 5.39. The normalized spacial score (nSPS) is 12.8. The lowest BCUT2D eigenvalue weighted by molar-refractivity contribution is -0.112. The van der Waals surface area contributed by atoms with E-state index < -0.39 is 0 Å². The molecule has 1 heterocycles. The van der Waals surface area contributed by atoms with Crippen molar-refractivity contribution in [1.82, 2.24) is 4.98 Å². The maximum Gasteiger partial charge on any atom is 0.253 e. The Bertz CT molecular complexity index is 807. The van der Waals surface area contributed by atoms with Gasteiger partial charge in [-0.05, 0) is 49.1 Å². The van der Waals surface area contributed by atoms with Gasteiger partial charge in [-0.15, -0.1) is 0 Å². The molecular weight excluding hydrogens is 276 g/mol. The lowest BCUT2D eigenvalue weighted by atomic mass is 10.1. The van der Waals surface area contributed by atoms with Crippen LogP contribution in [0.3, 0.4) is 0 Å². The minimum Gasteiger partial charge on any atom is -0.506 e. The number of carbonyl (C=O) groups is 1. The van der Waals surface area contributed by atoms with E-state index in [-0.39, 0.29) is 11.7 Å². The molecule has 112 valence electrons. The predicted molar refractivity (Wildman–Crippen MR) is 86.9 cm³/mol. The first-order valence-electron chi connectivity index (χ1n) is 7.24. The van der Waals surface area contributed by atoms with E-state index in [4.69, 9.17) is 0 Å². The monoisotopic (exact) mass is 294 g/mol. The molecule has 1 aromatic heterocycles. The van der Waals surface area contributed by atoms with Crippen molar-refractivity contribution in [2.75, 3.05) is 5.32 Å². The molecule has 2 N–H and O–H groups in total. The van der Waals surface area contributed by atoms with Crippen LogP contribution in [0.15, 0.2) is 29.8 Å². The fourth-order valence-corrected chi connectivity index (χ4v) is 2.67. The fourth-order valence-electron chi connectivity index (χ4n) is 2.67. The van der Waals surface area contributed by atoms with Gasteiger partial charge in [0.1, 0.15) is 11.6 Å². The van der Waals surface area contributed by atoms with Crippen molar-refractivity contribution in [3.8, 4) is 5.75 Å². The van der Waals surface area contributed by atoms with Crippen molar-refractivity contribution in [3.05, 3.63) is 57.8 Å². The largest absolute Gasteiger partial charge is 0.506 e. The van der Waals surface area contributed by atoms with Crippen LogP contribution in [0.2, 0.25) is 0 Å². The second-order valence-corrected chi connectivity index (χ2v) is 5.64. The minimum absolute atomic E-state index is 0.142. The van der Waals surface area contributed by atoms with Crippen LogP contribution in [0, 0.1) is 20.8 Å². The molecule has 3 rings (SSSR count). The third kappa shape index (κ3) is 2.37. The summed E-state index contributed by atoms with van der Waals surface area (Å²) >= 11 is 0. The molecule has 4 heteroatoms. The average Bonchev–Trinajstić information content (AvgIpc) is 2.94. The number of aryl methyl sites for hydroxylation is 1. The highest BCUT2D eigenvalue weighted by Crippen LogP contribution is 2.29. The SMILES string of the molecule is Cc1nc(NC(=O)C2=Cc3ccccc3C2)c(C)c(C)c1O. The van der Waals surface area contributed by atoms with E-state index in [1.54, 1.807) is 6.92 Å². The maximum absolute atomic E-state index is 12.5. The molecule has 0 saturated heterocycles. The maximum atomic E-state index is 12.5. The van der Waals surface area contributed by atoms with Gasteiger partial charge in [-0.3, -0.25) is 4.79 Å². The van der Waals surface area contributed by atoms with E-state index >= 15 is 0 Å². The van der Waals surface area contributed by atoms with Crippen LogP contribution in [-0.2, 0) is 11.2 Å². The van der Waals surface area contributed by atoms with Crippen molar-refractivity contribution in [1.29, 1.82) is 0 Å². The number of fused-ring (bicyclic) bond motifs is 1. The number of aromatic nitrogens is 1. The Kier molecular flexibility index (Phi) is 3.45. The number of aromatic hydroxyl groups is 1. The number of rotatable bonds is 2. The van der Waals surface area contributed by atoms with Crippen molar-refractivity contribution in [3.63, 3.8) is 0 Å². The Labute approximate surface area is 129 Å². The van der Waals surface area contributed by atoms with E-state index in [9.17, 15) is 9.90 Å². The summed E-state index contributed by atoms with van der Waals surface area (Å²) < 4.78 is 0. The molecule has 1 aliphatic rings. The molecule has 0 spiro atoms. The van der Waals surface area contributed by atoms with Gasteiger partial charge < -0.3 is 10.4 Å². The highest BCUT2D eigenvalue weighted by molar-refractivity contribution is 6.08. The Morgan fingerprint density at radius 2 is 1.91 bits per heavy atom. The summed E-state index contributed by atoms with van der Waals surface area (Å²) in [6.07, 6.45) is 2.55. The molecule has 22 heavy (non-hydrogen) atoms. The molecular formula is C18H18N2O2. The van der Waals surface area contributed by atoms with Crippen LogP contribution in [0.25, 0.3) is 6.08 Å². The highest BCUT2D eigenvalue weighted by Gasteiger charge is 2.20. The number of nitrogens with zero attached hydrogens (tertiary/aromatic N) is 1. The van der Waals surface area contributed by atoms with Gasteiger partial charge in [0.2, 0.25) is 0 Å². The topological polar surface area (TPSA) is 62.2 Å². The second kappa shape index (κ2) is 5.30. The number of pyridine rings is 1. The fraction of sp³-hybridized carbons (Fsp3) is 0.222. The van der Waals surface area contributed by atoms with Crippen LogP contribution in [-0.4, -0.2) is 16.0 Å². The molecule has 4 nitrogen and oxygen atoms in total. The molecule has 0 saturated carbocycles. The van der Waals surface area contributed by atoms with Crippen molar-refractivity contribution in [2.24, 2.45) is 0 Å². The zero-order valence-corrected chi connectivity index (χ0v) is 12.9. The second-order valence-electron chi connectivity index (χ2n) is 5.64. The van der Waals surface area contributed by atoms with E-state index in [1.807, 2.05) is 44.2 Å². The molecule has 0 radical (unpaired) electrons. The Morgan fingerprint density at radius 1 is 1.18 bits per heavy atom. The van der Waals surface area contributed by atoms with Crippen LogP contribution in [0.1, 0.15) is 27.9 Å². The quantitative estimate of drug-likeness (QED) is 0.893. The van der Waals surface area contributed by atoms with Crippen molar-refractivity contribution in [2.45, 2.75) is 27.2 Å². The highest BCUT2D eigenvalue weighted by atomic mass is 16.3. The van der Waals surface area contributed by atoms with Crippen LogP contribution >= 0.6 is 0 Å². The summed E-state index contributed by atoms with van der Waals surface area (Å²) in [5.41, 5.74) is 5.03. The van der Waals surface area contributed by atoms with Gasteiger partial charge in [-0.2, -0.15) is 0 Å². The number of hydrogen-bond donors (Lipinski definition) is 2. The third-order valence-corrected chi connectivity index (χ3v) is 4.18. The molecule has 0 bridgehead atoms. The zero-order chi connectivity index (χ0) is 15.9. The molecule has 1 aliphatic carbocycles. The van der Waals surface area contributed by atoms with E-state index in [2.05, 4.69) is 10.3 Å². The standard InChI is InChI=1S/C18H18N2O2/c1-10-11(2)17(19-12(3)16(10)21)20-18(22)15-8-13-6-4-5-7-14(13)9-15/h4-8,21H,9H2,1-3H3,(H,19,20,22). The number of nitrogens with one attached hydrogen (secondary N) is 1. The summed E-state index contributed by atoms with van der Waals surface area (Å²) in [5, 5.41) is 12.8. The number of benzene rings is 1. The van der Waals surface area contributed by atoms with E-state index in [1.165, 1.54) is 0 Å². The Morgan fingerprint density at radius 3 is 2.64 bits per heavy atom. The first kappa shape index (κ1) is 14.3. The third-order valence-electron chi connectivity index (χ3n) is 4.18. The molecule has 0 aliphatic heterocycles. The summed E-state index contributed by atoms with van der Waals surface area (Å²) in [6, 6.07) is 7.99. The number of carbonyl (C=O) groups excluding carboxylic acids is 1. The zero-order valence-electron chi connectivity index (χ0n) is 12.9. The number of amides is 1. The van der Waals surface area contributed by atoms with Crippen LogP contribution in [0.5, 0.6) is 5.75 Å². The molecule has 2 aromatic rings. The van der Waals surface area contributed by atoms with Gasteiger partial charge in [-0.25, -0.2) is 4.98 Å². The molecule has 0 fully saturated rings. The lowest BCUT2D eigenvalue weighted by Crippen LogP contribution is -2.17. The van der Waals surface area contributed by atoms with Crippen LogP contribution in [0.4, 0.5) is 5.82 Å². The van der Waals surface area contributed by atoms with Gasteiger partial charge in [0.05, 0.1) is 5.69 Å². The van der Waals surface area contributed by atoms with E-state index in [0.717, 1.165) is 27.8 Å². The predicted octanol–water partition coefficient (Wildman–Crippen LogP) is 3.29. The van der Waals surface area contributed by atoms with Crippen LogP contribution < -0.4 is 5.32 Å². The first-order valence-corrected chi connectivity index (χ1v) is 7.24. The first-order chi connectivity index (χ1) is 10.5. The summed E-state index contributed by atoms with van der Waals surface area (Å²) in [4.78, 5) is 16.7. The molecule has 1 amide bonds. The van der Waals surface area contributed by atoms with Gasteiger partial charge in [0.15, 0.2) is 0 Å². The molecule has 0 atom stereocenters. The van der Waals surface area contributed by atoms with Gasteiger partial charge in [0, 0.05) is 12.0 Å². The van der Waals surface area contributed by atoms with Gasteiger partial charge in [-0.1, -0.05) is 24.3 Å². The smallest absolute Gasteiger partial charge is 0.253 e. The molecule has 1 aromatic carbocycles. The van der Waals surface area contributed by atoms with E-state index in [0.29, 0.717) is 17.9 Å².